The average molecular weight is 415 g/mol. The van der Waals surface area contributed by atoms with Crippen LogP contribution in [0.4, 0.5) is 0 Å². The second kappa shape index (κ2) is 8.82. The van der Waals surface area contributed by atoms with E-state index >= 15 is 0 Å². The van der Waals surface area contributed by atoms with E-state index in [2.05, 4.69) is 58.9 Å². The number of hydrogen-bond donors (Lipinski definition) is 0. The van der Waals surface area contributed by atoms with E-state index in [1.54, 1.807) is 0 Å². The summed E-state index contributed by atoms with van der Waals surface area (Å²) in [5.74, 6) is 4.21. The van der Waals surface area contributed by atoms with Gasteiger partial charge in [-0.1, -0.05) is 46.8 Å². The zero-order valence-electron chi connectivity index (χ0n) is 19.8. The Bertz CT molecular complexity index is 652. The second-order valence-electron chi connectivity index (χ2n) is 11.5. The molecule has 2 unspecified atom stereocenters. The first-order valence-electron chi connectivity index (χ1n) is 12.3. The summed E-state index contributed by atoms with van der Waals surface area (Å²) in [7, 11) is 0. The molecule has 30 heavy (non-hydrogen) atoms. The molecule has 0 amide bonds. The van der Waals surface area contributed by atoms with E-state index in [0.717, 1.165) is 29.9 Å². The maximum absolute atomic E-state index is 6.53. The SMILES string of the molecule is CCC(C)c1ccc(OC(OCCOC23CC4CC(CC(C4)C2)C3)C(C)(C)C)cc1. The first kappa shape index (κ1) is 22.1. The quantitative estimate of drug-likeness (QED) is 0.323. The topological polar surface area (TPSA) is 27.7 Å². The molecule has 4 bridgehead atoms. The molecule has 3 heteroatoms. The monoisotopic (exact) mass is 414 g/mol. The Hall–Kier alpha value is -1.06. The third-order valence-corrected chi connectivity index (χ3v) is 7.75. The van der Waals surface area contributed by atoms with Gasteiger partial charge < -0.3 is 14.2 Å². The van der Waals surface area contributed by atoms with Gasteiger partial charge in [-0.2, -0.15) is 0 Å². The van der Waals surface area contributed by atoms with Gasteiger partial charge in [0, 0.05) is 5.41 Å². The van der Waals surface area contributed by atoms with Gasteiger partial charge in [0.05, 0.1) is 18.8 Å². The highest BCUT2D eigenvalue weighted by molar-refractivity contribution is 5.29. The van der Waals surface area contributed by atoms with Crippen molar-refractivity contribution in [1.29, 1.82) is 0 Å². The molecule has 0 spiro atoms. The Labute approximate surface area is 183 Å². The van der Waals surface area contributed by atoms with Gasteiger partial charge in [-0.05, 0) is 86.3 Å². The number of hydrogen-bond acceptors (Lipinski definition) is 3. The summed E-state index contributed by atoms with van der Waals surface area (Å²) in [4.78, 5) is 0. The highest BCUT2D eigenvalue weighted by atomic mass is 16.7. The Morgan fingerprint density at radius 1 is 0.933 bits per heavy atom. The fourth-order valence-electron chi connectivity index (χ4n) is 6.32. The van der Waals surface area contributed by atoms with Gasteiger partial charge in [0.15, 0.2) is 0 Å². The molecule has 0 radical (unpaired) electrons. The smallest absolute Gasteiger partial charge is 0.204 e. The van der Waals surface area contributed by atoms with Gasteiger partial charge in [-0.25, -0.2) is 0 Å². The summed E-state index contributed by atoms with van der Waals surface area (Å²) in [6.45, 7) is 12.3. The Balaban J connectivity index is 1.29. The molecule has 0 aliphatic heterocycles. The Kier molecular flexibility index (Phi) is 6.51. The number of ether oxygens (including phenoxy) is 3. The van der Waals surface area contributed by atoms with Crippen molar-refractivity contribution in [2.75, 3.05) is 13.2 Å². The van der Waals surface area contributed by atoms with E-state index in [0.29, 0.717) is 19.1 Å². The van der Waals surface area contributed by atoms with Crippen molar-refractivity contribution in [3.63, 3.8) is 0 Å². The maximum Gasteiger partial charge on any atom is 0.204 e. The molecule has 4 fully saturated rings. The molecule has 5 rings (SSSR count). The summed E-state index contributed by atoms with van der Waals surface area (Å²) < 4.78 is 19.0. The van der Waals surface area contributed by atoms with Crippen molar-refractivity contribution in [3.8, 4) is 5.75 Å². The molecule has 2 atom stereocenters. The molecule has 0 N–H and O–H groups in total. The largest absolute Gasteiger partial charge is 0.464 e. The predicted octanol–water partition coefficient (Wildman–Crippen LogP) is 6.95. The molecule has 3 nitrogen and oxygen atoms in total. The standard InChI is InChI=1S/C27H42O3/c1-6-19(2)23-7-9-24(10-8-23)30-25(26(3,4)5)28-11-12-29-27-16-20-13-21(17-27)15-22(14-20)18-27/h7-10,19-22,25H,6,11-18H2,1-5H3. The van der Waals surface area contributed by atoms with Gasteiger partial charge in [0.1, 0.15) is 5.75 Å². The molecule has 1 aromatic rings. The van der Waals surface area contributed by atoms with Crippen LogP contribution in [0.3, 0.4) is 0 Å². The van der Waals surface area contributed by atoms with Crippen molar-refractivity contribution in [1.82, 2.24) is 0 Å². The molecule has 4 aliphatic rings. The van der Waals surface area contributed by atoms with Crippen LogP contribution < -0.4 is 4.74 Å². The minimum absolute atomic E-state index is 0.101. The van der Waals surface area contributed by atoms with Crippen LogP contribution in [-0.4, -0.2) is 25.1 Å². The molecule has 0 aromatic heterocycles. The van der Waals surface area contributed by atoms with Crippen LogP contribution >= 0.6 is 0 Å². The molecule has 4 aliphatic carbocycles. The summed E-state index contributed by atoms with van der Waals surface area (Å²) in [5.41, 5.74) is 1.42. The van der Waals surface area contributed by atoms with Crippen LogP contribution in [-0.2, 0) is 9.47 Å². The van der Waals surface area contributed by atoms with E-state index in [1.165, 1.54) is 44.1 Å². The molecular formula is C27H42O3. The highest BCUT2D eigenvalue weighted by Gasteiger charge is 2.51. The van der Waals surface area contributed by atoms with Crippen LogP contribution in [0.5, 0.6) is 5.75 Å². The van der Waals surface area contributed by atoms with Crippen LogP contribution in [0, 0.1) is 23.2 Å². The third kappa shape index (κ3) is 5.05. The predicted molar refractivity (Wildman–Crippen MR) is 122 cm³/mol. The van der Waals surface area contributed by atoms with Crippen LogP contribution in [0.2, 0.25) is 0 Å². The molecule has 1 aromatic carbocycles. The normalized spacial score (nSPS) is 32.2. The van der Waals surface area contributed by atoms with Crippen LogP contribution in [0.25, 0.3) is 0 Å². The second-order valence-corrected chi connectivity index (χ2v) is 11.5. The lowest BCUT2D eigenvalue weighted by Gasteiger charge is -2.56. The average Bonchev–Trinajstić information content (AvgIpc) is 2.68. The number of rotatable bonds is 9. The summed E-state index contributed by atoms with van der Waals surface area (Å²) in [6.07, 6.45) is 9.06. The van der Waals surface area contributed by atoms with Gasteiger partial charge in [-0.15, -0.1) is 0 Å². The van der Waals surface area contributed by atoms with E-state index in [9.17, 15) is 0 Å². The molecule has 0 heterocycles. The molecule has 0 saturated heterocycles. The lowest BCUT2D eigenvalue weighted by atomic mass is 9.54. The maximum atomic E-state index is 6.53. The Morgan fingerprint density at radius 3 is 2.00 bits per heavy atom. The van der Waals surface area contributed by atoms with Gasteiger partial charge in [-0.3, -0.25) is 0 Å². The van der Waals surface area contributed by atoms with Crippen molar-refractivity contribution in [3.05, 3.63) is 29.8 Å². The summed E-state index contributed by atoms with van der Waals surface area (Å²) in [5, 5.41) is 0. The van der Waals surface area contributed by atoms with E-state index in [-0.39, 0.29) is 17.3 Å². The summed E-state index contributed by atoms with van der Waals surface area (Å²) in [6, 6.07) is 8.52. The molecular weight excluding hydrogens is 372 g/mol. The minimum atomic E-state index is -0.285. The fraction of sp³-hybridized carbons (Fsp3) is 0.778. The Morgan fingerprint density at radius 2 is 1.50 bits per heavy atom. The van der Waals surface area contributed by atoms with Gasteiger partial charge in [0.2, 0.25) is 6.29 Å². The molecule has 168 valence electrons. The zero-order valence-corrected chi connectivity index (χ0v) is 19.8. The zero-order chi connectivity index (χ0) is 21.4. The fourth-order valence-corrected chi connectivity index (χ4v) is 6.32. The lowest BCUT2D eigenvalue weighted by Crippen LogP contribution is -2.52. The first-order valence-corrected chi connectivity index (χ1v) is 12.3. The summed E-state index contributed by atoms with van der Waals surface area (Å²) >= 11 is 0. The van der Waals surface area contributed by atoms with Gasteiger partial charge in [0.25, 0.3) is 0 Å². The van der Waals surface area contributed by atoms with E-state index in [1.807, 2.05) is 0 Å². The van der Waals surface area contributed by atoms with Crippen LogP contribution in [0.15, 0.2) is 24.3 Å². The van der Waals surface area contributed by atoms with Crippen molar-refractivity contribution >= 4 is 0 Å². The molecule has 4 saturated carbocycles. The van der Waals surface area contributed by atoms with Crippen molar-refractivity contribution < 1.29 is 14.2 Å². The van der Waals surface area contributed by atoms with E-state index in [4.69, 9.17) is 14.2 Å². The van der Waals surface area contributed by atoms with Crippen molar-refractivity contribution in [2.24, 2.45) is 23.2 Å². The van der Waals surface area contributed by atoms with Crippen LogP contribution in [0.1, 0.15) is 91.0 Å². The third-order valence-electron chi connectivity index (χ3n) is 7.75. The highest BCUT2D eigenvalue weighted by Crippen LogP contribution is 2.57. The van der Waals surface area contributed by atoms with Crippen molar-refractivity contribution in [2.45, 2.75) is 97.4 Å². The van der Waals surface area contributed by atoms with E-state index < -0.39 is 0 Å². The lowest BCUT2D eigenvalue weighted by molar-refractivity contribution is -0.191. The minimum Gasteiger partial charge on any atom is -0.464 e. The van der Waals surface area contributed by atoms with Gasteiger partial charge >= 0.3 is 0 Å². The first-order chi connectivity index (χ1) is 14.3. The number of benzene rings is 1.